The average molecular weight is 425 g/mol. The van der Waals surface area contributed by atoms with E-state index in [4.69, 9.17) is 21.1 Å². The summed E-state index contributed by atoms with van der Waals surface area (Å²) in [5.74, 6) is 0.792. The van der Waals surface area contributed by atoms with Crippen molar-refractivity contribution in [1.82, 2.24) is 4.90 Å². The predicted octanol–water partition coefficient (Wildman–Crippen LogP) is 5.02. The molecule has 0 bridgehead atoms. The second-order valence-corrected chi connectivity index (χ2v) is 7.28. The van der Waals surface area contributed by atoms with Crippen molar-refractivity contribution in [2.24, 2.45) is 0 Å². The van der Waals surface area contributed by atoms with Crippen LogP contribution < -0.4 is 14.8 Å². The molecule has 0 spiro atoms. The number of methoxy groups -OCH3 is 2. The van der Waals surface area contributed by atoms with Gasteiger partial charge in [0, 0.05) is 6.07 Å². The molecular formula is C24H25ClN2O3. The molecule has 3 aromatic carbocycles. The average Bonchev–Trinajstić information content (AvgIpc) is 2.75. The number of ether oxygens (including phenoxy) is 2. The van der Waals surface area contributed by atoms with Gasteiger partial charge in [-0.2, -0.15) is 0 Å². The molecule has 3 rings (SSSR count). The molecule has 3 aromatic rings. The smallest absolute Gasteiger partial charge is 0.238 e. The largest absolute Gasteiger partial charge is 0.495 e. The molecule has 5 nitrogen and oxygen atoms in total. The Kier molecular flexibility index (Phi) is 7.33. The lowest BCUT2D eigenvalue weighted by molar-refractivity contribution is -0.117. The van der Waals surface area contributed by atoms with Crippen molar-refractivity contribution in [3.05, 3.63) is 88.9 Å². The van der Waals surface area contributed by atoms with Crippen molar-refractivity contribution in [3.8, 4) is 11.5 Å². The van der Waals surface area contributed by atoms with Crippen LogP contribution in [-0.4, -0.2) is 38.6 Å². The number of carbonyl (C=O) groups excluding carboxylic acids is 1. The third kappa shape index (κ3) is 5.12. The first kappa shape index (κ1) is 21.7. The number of benzene rings is 3. The molecule has 0 saturated carbocycles. The summed E-state index contributed by atoms with van der Waals surface area (Å²) in [5.41, 5.74) is 2.73. The van der Waals surface area contributed by atoms with Crippen LogP contribution in [0.5, 0.6) is 11.5 Å². The minimum absolute atomic E-state index is 0.0560. The monoisotopic (exact) mass is 424 g/mol. The van der Waals surface area contributed by atoms with Gasteiger partial charge in [0.15, 0.2) is 0 Å². The van der Waals surface area contributed by atoms with Crippen LogP contribution >= 0.6 is 11.6 Å². The van der Waals surface area contributed by atoms with Crippen molar-refractivity contribution >= 4 is 23.2 Å². The van der Waals surface area contributed by atoms with Gasteiger partial charge in [0.05, 0.1) is 37.5 Å². The van der Waals surface area contributed by atoms with Crippen LogP contribution in [0.15, 0.2) is 72.8 Å². The topological polar surface area (TPSA) is 50.8 Å². The third-order valence-electron chi connectivity index (χ3n) is 4.81. The van der Waals surface area contributed by atoms with Gasteiger partial charge in [-0.25, -0.2) is 0 Å². The van der Waals surface area contributed by atoms with Crippen LogP contribution in [0.1, 0.15) is 17.2 Å². The zero-order valence-electron chi connectivity index (χ0n) is 17.3. The number of halogens is 1. The number of hydrogen-bond acceptors (Lipinski definition) is 4. The van der Waals surface area contributed by atoms with E-state index in [2.05, 4.69) is 29.6 Å². The highest BCUT2D eigenvalue weighted by Crippen LogP contribution is 2.36. The summed E-state index contributed by atoms with van der Waals surface area (Å²) in [5, 5.41) is 3.29. The molecule has 156 valence electrons. The molecule has 1 amide bonds. The van der Waals surface area contributed by atoms with Gasteiger partial charge in [-0.1, -0.05) is 72.3 Å². The van der Waals surface area contributed by atoms with E-state index in [0.717, 1.165) is 11.1 Å². The molecule has 0 unspecified atom stereocenters. The van der Waals surface area contributed by atoms with E-state index in [-0.39, 0.29) is 18.5 Å². The summed E-state index contributed by atoms with van der Waals surface area (Å²) in [6, 6.07) is 23.5. The van der Waals surface area contributed by atoms with E-state index in [0.29, 0.717) is 22.2 Å². The Morgan fingerprint density at radius 1 is 0.933 bits per heavy atom. The maximum absolute atomic E-state index is 12.8. The summed E-state index contributed by atoms with van der Waals surface area (Å²) < 4.78 is 10.6. The summed E-state index contributed by atoms with van der Waals surface area (Å²) in [6.07, 6.45) is 0. The summed E-state index contributed by atoms with van der Waals surface area (Å²) in [7, 11) is 4.99. The molecule has 0 atom stereocenters. The first-order chi connectivity index (χ1) is 14.5. The summed E-state index contributed by atoms with van der Waals surface area (Å²) in [6.45, 7) is 0.182. The normalized spacial score (nSPS) is 10.9. The van der Waals surface area contributed by atoms with Gasteiger partial charge in [-0.15, -0.1) is 0 Å². The van der Waals surface area contributed by atoms with E-state index >= 15 is 0 Å². The molecule has 0 aliphatic heterocycles. The SMILES string of the molecule is COc1cc(OC)c(NC(=O)CN(C)C(c2ccccc2)c2ccccc2)cc1Cl. The number of carbonyl (C=O) groups is 1. The molecule has 0 aromatic heterocycles. The van der Waals surface area contributed by atoms with Crippen molar-refractivity contribution in [2.75, 3.05) is 33.1 Å². The van der Waals surface area contributed by atoms with Gasteiger partial charge >= 0.3 is 0 Å². The van der Waals surface area contributed by atoms with E-state index in [9.17, 15) is 4.79 Å². The van der Waals surface area contributed by atoms with Crippen LogP contribution in [0.3, 0.4) is 0 Å². The molecule has 6 heteroatoms. The van der Waals surface area contributed by atoms with Crippen molar-refractivity contribution in [1.29, 1.82) is 0 Å². The van der Waals surface area contributed by atoms with Gasteiger partial charge in [0.25, 0.3) is 0 Å². The number of nitrogens with zero attached hydrogens (tertiary/aromatic N) is 1. The van der Waals surface area contributed by atoms with Gasteiger partial charge < -0.3 is 14.8 Å². The first-order valence-corrected chi connectivity index (χ1v) is 9.92. The van der Waals surface area contributed by atoms with Gasteiger partial charge in [0.1, 0.15) is 11.5 Å². The van der Waals surface area contributed by atoms with E-state index in [1.165, 1.54) is 14.2 Å². The van der Waals surface area contributed by atoms with Gasteiger partial charge in [-0.3, -0.25) is 9.69 Å². The molecule has 1 N–H and O–H groups in total. The zero-order valence-corrected chi connectivity index (χ0v) is 18.0. The second-order valence-electron chi connectivity index (χ2n) is 6.87. The Hall–Kier alpha value is -3.02. The Bertz CT molecular complexity index is 941. The van der Waals surface area contributed by atoms with E-state index < -0.39 is 0 Å². The summed E-state index contributed by atoms with van der Waals surface area (Å²) in [4.78, 5) is 14.9. The zero-order chi connectivity index (χ0) is 21.5. The minimum atomic E-state index is -0.172. The molecular weight excluding hydrogens is 400 g/mol. The van der Waals surface area contributed by atoms with Crippen LogP contribution in [-0.2, 0) is 4.79 Å². The maximum atomic E-state index is 12.8. The number of amides is 1. The minimum Gasteiger partial charge on any atom is -0.495 e. The lowest BCUT2D eigenvalue weighted by Gasteiger charge is -2.28. The lowest BCUT2D eigenvalue weighted by Crippen LogP contribution is -2.34. The van der Waals surface area contributed by atoms with Crippen LogP contribution in [0.2, 0.25) is 5.02 Å². The molecule has 0 saturated heterocycles. The quantitative estimate of drug-likeness (QED) is 0.551. The number of hydrogen-bond donors (Lipinski definition) is 1. The van der Waals surface area contributed by atoms with Gasteiger partial charge in [-0.05, 0) is 24.2 Å². The lowest BCUT2D eigenvalue weighted by atomic mass is 9.97. The highest BCUT2D eigenvalue weighted by Gasteiger charge is 2.22. The number of nitrogens with one attached hydrogen (secondary N) is 1. The van der Waals surface area contributed by atoms with Crippen LogP contribution in [0.25, 0.3) is 0 Å². The molecule has 30 heavy (non-hydrogen) atoms. The summed E-state index contributed by atoms with van der Waals surface area (Å²) >= 11 is 6.22. The standard InChI is InChI=1S/C24H25ClN2O3/c1-27(24(17-10-6-4-7-11-17)18-12-8-5-9-13-18)16-23(28)26-20-14-19(25)21(29-2)15-22(20)30-3/h4-15,24H,16H2,1-3H3,(H,26,28). The van der Waals surface area contributed by atoms with Gasteiger partial charge in [0.2, 0.25) is 5.91 Å². The number of anilines is 1. The second kappa shape index (κ2) is 10.1. The molecule has 0 aliphatic rings. The maximum Gasteiger partial charge on any atom is 0.238 e. The van der Waals surface area contributed by atoms with Crippen molar-refractivity contribution in [2.45, 2.75) is 6.04 Å². The Morgan fingerprint density at radius 2 is 1.47 bits per heavy atom. The Labute approximate surface area is 182 Å². The highest BCUT2D eigenvalue weighted by molar-refractivity contribution is 6.32. The highest BCUT2D eigenvalue weighted by atomic mass is 35.5. The molecule has 0 radical (unpaired) electrons. The Balaban J connectivity index is 1.80. The van der Waals surface area contributed by atoms with Crippen molar-refractivity contribution in [3.63, 3.8) is 0 Å². The molecule has 0 heterocycles. The Morgan fingerprint density at radius 3 is 1.97 bits per heavy atom. The third-order valence-corrected chi connectivity index (χ3v) is 5.11. The first-order valence-electron chi connectivity index (χ1n) is 9.55. The number of rotatable bonds is 8. The van der Waals surface area contributed by atoms with E-state index in [1.54, 1.807) is 12.1 Å². The molecule has 0 aliphatic carbocycles. The fourth-order valence-electron chi connectivity index (χ4n) is 3.44. The van der Waals surface area contributed by atoms with Crippen LogP contribution in [0, 0.1) is 0 Å². The predicted molar refractivity (Wildman–Crippen MR) is 121 cm³/mol. The van der Waals surface area contributed by atoms with Crippen molar-refractivity contribution < 1.29 is 14.3 Å². The van der Waals surface area contributed by atoms with E-state index in [1.807, 2.05) is 48.3 Å². The fraction of sp³-hybridized carbons (Fsp3) is 0.208. The fourth-order valence-corrected chi connectivity index (χ4v) is 3.68. The number of likely N-dealkylation sites (N-methyl/N-ethyl adjacent to an activating group) is 1. The van der Waals surface area contributed by atoms with Crippen LogP contribution in [0.4, 0.5) is 5.69 Å². The molecule has 0 fully saturated rings.